The summed E-state index contributed by atoms with van der Waals surface area (Å²) in [5, 5.41) is 6.48. The normalized spacial score (nSPS) is 9.44. The first kappa shape index (κ1) is 6.13. The molecule has 0 unspecified atom stereocenters. The van der Waals surface area contributed by atoms with Crippen LogP contribution in [0.5, 0.6) is 0 Å². The molecule has 1 aromatic rings. The topological polar surface area (TPSA) is 38.1 Å². The highest BCUT2D eigenvalue weighted by Gasteiger charge is 1.90. The minimum Gasteiger partial charge on any atom is -0.381 e. The fourth-order valence-corrected chi connectivity index (χ4v) is 0.522. The average Bonchev–Trinajstić information content (AvgIpc) is 2.34. The van der Waals surface area contributed by atoms with Crippen molar-refractivity contribution in [1.29, 1.82) is 0 Å². The fourth-order valence-electron chi connectivity index (χ4n) is 0.522. The Balaban J connectivity index is 2.30. The molecule has 0 saturated carbocycles. The third-order valence-corrected chi connectivity index (χ3v) is 0.955. The van der Waals surface area contributed by atoms with Crippen LogP contribution in [0.15, 0.2) is 10.8 Å². The minimum atomic E-state index is 0.830. The van der Waals surface area contributed by atoms with Crippen LogP contribution in [0.3, 0.4) is 0 Å². The van der Waals surface area contributed by atoms with Gasteiger partial charge in [0.1, 0.15) is 12.0 Å². The van der Waals surface area contributed by atoms with E-state index in [1.54, 1.807) is 0 Å². The maximum absolute atomic E-state index is 4.54. The predicted octanol–water partition coefficient (Wildman–Crippen LogP) is 1.30. The fraction of sp³-hybridized carbons (Fsp3) is 0.500. The lowest BCUT2D eigenvalue weighted by molar-refractivity contribution is 0.418. The Kier molecular flexibility index (Phi) is 2.13. The number of aromatic nitrogens is 1. The Labute approximate surface area is 54.0 Å². The largest absolute Gasteiger partial charge is 0.381 e. The van der Waals surface area contributed by atoms with Gasteiger partial charge in [-0.25, -0.2) is 0 Å². The highest BCUT2D eigenvalue weighted by Crippen LogP contribution is 2.01. The van der Waals surface area contributed by atoms with Crippen molar-refractivity contribution < 1.29 is 4.52 Å². The van der Waals surface area contributed by atoms with E-state index < -0.39 is 0 Å². The van der Waals surface area contributed by atoms with Crippen LogP contribution in [0.1, 0.15) is 13.3 Å². The summed E-state index contributed by atoms with van der Waals surface area (Å²) in [6, 6.07) is 0. The van der Waals surface area contributed by atoms with Gasteiger partial charge in [0.2, 0.25) is 0 Å². The van der Waals surface area contributed by atoms with Crippen LogP contribution in [0, 0.1) is 6.20 Å². The van der Waals surface area contributed by atoms with E-state index >= 15 is 0 Å². The molecule has 0 aliphatic heterocycles. The quantitative estimate of drug-likeness (QED) is 0.661. The molecule has 0 aliphatic rings. The molecule has 1 N–H and O–H groups in total. The van der Waals surface area contributed by atoms with Gasteiger partial charge < -0.3 is 9.84 Å². The number of rotatable bonds is 3. The van der Waals surface area contributed by atoms with E-state index in [-0.39, 0.29) is 0 Å². The second kappa shape index (κ2) is 3.12. The van der Waals surface area contributed by atoms with Crippen molar-refractivity contribution in [3.63, 3.8) is 0 Å². The van der Waals surface area contributed by atoms with Gasteiger partial charge in [0, 0.05) is 6.54 Å². The standard InChI is InChI=1S/C6H9N2O/c1-2-3-7-6-4-8-9-5-6/h5,7H,2-3H2,1H3. The van der Waals surface area contributed by atoms with E-state index in [0.717, 1.165) is 18.7 Å². The smallest absolute Gasteiger partial charge is 0.161 e. The van der Waals surface area contributed by atoms with Crippen molar-refractivity contribution in [1.82, 2.24) is 5.16 Å². The molecule has 1 radical (unpaired) electrons. The maximum Gasteiger partial charge on any atom is 0.161 e. The summed E-state index contributed by atoms with van der Waals surface area (Å²) in [5.74, 6) is 0. The molecule has 9 heavy (non-hydrogen) atoms. The first-order valence-corrected chi connectivity index (χ1v) is 2.99. The molecule has 3 heteroatoms. The van der Waals surface area contributed by atoms with Crippen LogP contribution in [-0.2, 0) is 0 Å². The zero-order valence-electron chi connectivity index (χ0n) is 5.35. The molecule has 0 amide bonds. The molecule has 0 atom stereocenters. The summed E-state index contributed by atoms with van der Waals surface area (Å²) in [5.41, 5.74) is 0.830. The van der Waals surface area contributed by atoms with E-state index in [4.69, 9.17) is 0 Å². The van der Waals surface area contributed by atoms with Crippen molar-refractivity contribution in [2.45, 2.75) is 13.3 Å². The summed E-state index contributed by atoms with van der Waals surface area (Å²) < 4.78 is 4.54. The number of hydrogen-bond acceptors (Lipinski definition) is 3. The molecule has 0 spiro atoms. The van der Waals surface area contributed by atoms with E-state index in [1.807, 2.05) is 0 Å². The molecule has 49 valence electrons. The van der Waals surface area contributed by atoms with Crippen LogP contribution in [-0.4, -0.2) is 11.7 Å². The lowest BCUT2D eigenvalue weighted by Gasteiger charge is -1.95. The Hall–Kier alpha value is -0.990. The molecule has 0 aliphatic carbocycles. The Morgan fingerprint density at radius 2 is 2.78 bits per heavy atom. The van der Waals surface area contributed by atoms with Crippen molar-refractivity contribution in [2.24, 2.45) is 0 Å². The maximum atomic E-state index is 4.54. The van der Waals surface area contributed by atoms with Gasteiger partial charge in [-0.05, 0) is 6.42 Å². The number of nitrogens with zero attached hydrogens (tertiary/aromatic N) is 1. The summed E-state index contributed by atoms with van der Waals surface area (Å²) in [6.45, 7) is 3.04. The highest BCUT2D eigenvalue weighted by atomic mass is 16.5. The lowest BCUT2D eigenvalue weighted by atomic mass is 10.4. The van der Waals surface area contributed by atoms with Gasteiger partial charge in [-0.2, -0.15) is 0 Å². The van der Waals surface area contributed by atoms with Gasteiger partial charge in [0.05, 0.1) is 0 Å². The summed E-state index contributed by atoms with van der Waals surface area (Å²) in [7, 11) is 0. The number of anilines is 1. The summed E-state index contributed by atoms with van der Waals surface area (Å²) in [6.07, 6.45) is 5.28. The Bertz CT molecular complexity index is 148. The van der Waals surface area contributed by atoms with Crippen LogP contribution in [0.4, 0.5) is 5.69 Å². The van der Waals surface area contributed by atoms with E-state index in [0.29, 0.717) is 0 Å². The van der Waals surface area contributed by atoms with Crippen molar-refractivity contribution in [2.75, 3.05) is 11.9 Å². The SMILES string of the molecule is CCCNc1[c]noc1. The molecular formula is C6H9N2O. The first-order valence-electron chi connectivity index (χ1n) is 2.99. The zero-order chi connectivity index (χ0) is 6.53. The van der Waals surface area contributed by atoms with Gasteiger partial charge in [-0.15, -0.1) is 0 Å². The van der Waals surface area contributed by atoms with E-state index in [2.05, 4.69) is 28.1 Å². The average molecular weight is 125 g/mol. The van der Waals surface area contributed by atoms with Crippen molar-refractivity contribution in [3.05, 3.63) is 12.5 Å². The summed E-state index contributed by atoms with van der Waals surface area (Å²) in [4.78, 5) is 0. The molecule has 1 rings (SSSR count). The number of hydrogen-bond donors (Lipinski definition) is 1. The van der Waals surface area contributed by atoms with Gasteiger partial charge >= 0.3 is 0 Å². The second-order valence-corrected chi connectivity index (χ2v) is 1.77. The van der Waals surface area contributed by atoms with Gasteiger partial charge in [0.15, 0.2) is 6.20 Å². The molecule has 0 aromatic carbocycles. The molecule has 1 aromatic heterocycles. The predicted molar refractivity (Wildman–Crippen MR) is 34.1 cm³/mol. The number of nitrogens with one attached hydrogen (secondary N) is 1. The molecule has 3 nitrogen and oxygen atoms in total. The van der Waals surface area contributed by atoms with Gasteiger partial charge in [-0.3, -0.25) is 0 Å². The lowest BCUT2D eigenvalue weighted by Crippen LogP contribution is -1.97. The molecule has 0 fully saturated rings. The molecule has 1 heterocycles. The van der Waals surface area contributed by atoms with Crippen molar-refractivity contribution >= 4 is 5.69 Å². The monoisotopic (exact) mass is 125 g/mol. The van der Waals surface area contributed by atoms with Gasteiger partial charge in [-0.1, -0.05) is 12.1 Å². The van der Waals surface area contributed by atoms with Crippen LogP contribution in [0.25, 0.3) is 0 Å². The van der Waals surface area contributed by atoms with Crippen LogP contribution >= 0.6 is 0 Å². The van der Waals surface area contributed by atoms with Crippen molar-refractivity contribution in [3.8, 4) is 0 Å². The molecular weight excluding hydrogens is 116 g/mol. The first-order chi connectivity index (χ1) is 4.43. The van der Waals surface area contributed by atoms with E-state index in [9.17, 15) is 0 Å². The second-order valence-electron chi connectivity index (χ2n) is 1.77. The summed E-state index contributed by atoms with van der Waals surface area (Å²) >= 11 is 0. The van der Waals surface area contributed by atoms with Gasteiger partial charge in [0.25, 0.3) is 0 Å². The third kappa shape index (κ3) is 1.76. The molecule has 0 bridgehead atoms. The molecule has 0 saturated heterocycles. The van der Waals surface area contributed by atoms with E-state index in [1.165, 1.54) is 6.26 Å². The minimum absolute atomic E-state index is 0.830. The Morgan fingerprint density at radius 1 is 1.89 bits per heavy atom. The third-order valence-electron chi connectivity index (χ3n) is 0.955. The van der Waals surface area contributed by atoms with Crippen LogP contribution < -0.4 is 5.32 Å². The zero-order valence-corrected chi connectivity index (χ0v) is 5.35. The Morgan fingerprint density at radius 3 is 3.33 bits per heavy atom. The highest BCUT2D eigenvalue weighted by molar-refractivity contribution is 5.34. The van der Waals surface area contributed by atoms with Crippen LogP contribution in [0.2, 0.25) is 0 Å².